The van der Waals surface area contributed by atoms with Crippen molar-refractivity contribution in [3.8, 4) is 5.75 Å². The van der Waals surface area contributed by atoms with Gasteiger partial charge in [-0.05, 0) is 31.0 Å². The maximum atomic E-state index is 12.6. The number of nitrogens with zero attached hydrogens (tertiary/aromatic N) is 2. The van der Waals surface area contributed by atoms with Crippen LogP contribution in [0.3, 0.4) is 0 Å². The Morgan fingerprint density at radius 2 is 2.00 bits per heavy atom. The van der Waals surface area contributed by atoms with Crippen LogP contribution >= 0.6 is 0 Å². The van der Waals surface area contributed by atoms with Crippen molar-refractivity contribution in [2.24, 2.45) is 0 Å². The number of hydrogen-bond donors (Lipinski definition) is 1. The molecule has 6 nitrogen and oxygen atoms in total. The highest BCUT2D eigenvalue weighted by atomic mass is 16.5. The predicted molar refractivity (Wildman–Crippen MR) is 114 cm³/mol. The number of aromatic nitrogens is 2. The molecule has 0 bridgehead atoms. The number of nitrogens with one attached hydrogen (secondary N) is 1. The Kier molecular flexibility index (Phi) is 5.75. The van der Waals surface area contributed by atoms with Crippen LogP contribution in [-0.4, -0.2) is 16.0 Å². The third-order valence-electron chi connectivity index (χ3n) is 5.00. The number of ether oxygens (including phenoxy) is 1. The summed E-state index contributed by atoms with van der Waals surface area (Å²) < 4.78 is 11.2. The standard InChI is InChI=1S/C24H23N3O3/c1-3-21(17-9-7-16(2)8-10-17)26-24(28)22-13-19(30-27-22)15-29-23-6-4-5-18-14-25-12-11-20(18)23/h4-14,21H,3,15H2,1-2H3,(H,26,28)/t21-/m1/s1. The van der Waals surface area contributed by atoms with Crippen molar-refractivity contribution in [1.82, 2.24) is 15.5 Å². The number of carbonyl (C=O) groups is 1. The summed E-state index contributed by atoms with van der Waals surface area (Å²) in [6.45, 7) is 4.25. The molecule has 4 rings (SSSR count). The smallest absolute Gasteiger partial charge is 0.273 e. The van der Waals surface area contributed by atoms with Crippen molar-refractivity contribution in [1.29, 1.82) is 0 Å². The van der Waals surface area contributed by atoms with E-state index in [-0.39, 0.29) is 24.2 Å². The number of pyridine rings is 1. The Balaban J connectivity index is 1.41. The van der Waals surface area contributed by atoms with E-state index in [1.807, 2.05) is 62.4 Å². The van der Waals surface area contributed by atoms with Gasteiger partial charge in [-0.25, -0.2) is 0 Å². The quantitative estimate of drug-likeness (QED) is 0.472. The van der Waals surface area contributed by atoms with Gasteiger partial charge in [-0.15, -0.1) is 0 Å². The Morgan fingerprint density at radius 1 is 1.17 bits per heavy atom. The lowest BCUT2D eigenvalue weighted by Gasteiger charge is -2.16. The lowest BCUT2D eigenvalue weighted by molar-refractivity contribution is 0.0926. The van der Waals surface area contributed by atoms with Crippen LogP contribution in [0.1, 0.15) is 46.8 Å². The number of benzene rings is 2. The second-order valence-corrected chi connectivity index (χ2v) is 7.17. The first-order chi connectivity index (χ1) is 14.6. The van der Waals surface area contributed by atoms with Crippen molar-refractivity contribution >= 4 is 16.7 Å². The van der Waals surface area contributed by atoms with Crippen LogP contribution in [0.25, 0.3) is 10.8 Å². The molecule has 0 radical (unpaired) electrons. The fourth-order valence-electron chi connectivity index (χ4n) is 3.31. The fraction of sp³-hybridized carbons (Fsp3) is 0.208. The molecule has 2 aromatic heterocycles. The number of rotatable bonds is 7. The first-order valence-electron chi connectivity index (χ1n) is 9.92. The number of hydrogen-bond acceptors (Lipinski definition) is 5. The van der Waals surface area contributed by atoms with Gasteiger partial charge < -0.3 is 14.6 Å². The summed E-state index contributed by atoms with van der Waals surface area (Å²) in [4.78, 5) is 16.8. The van der Waals surface area contributed by atoms with Crippen LogP contribution in [0.4, 0.5) is 0 Å². The first kappa shape index (κ1) is 19.6. The van der Waals surface area contributed by atoms with E-state index in [1.165, 1.54) is 5.56 Å². The molecule has 0 unspecified atom stereocenters. The van der Waals surface area contributed by atoms with E-state index in [4.69, 9.17) is 9.26 Å². The topological polar surface area (TPSA) is 77.2 Å². The molecule has 0 aliphatic rings. The molecule has 0 fully saturated rings. The molecule has 1 atom stereocenters. The lowest BCUT2D eigenvalue weighted by atomic mass is 10.0. The van der Waals surface area contributed by atoms with Crippen LogP contribution in [0.2, 0.25) is 0 Å². The second-order valence-electron chi connectivity index (χ2n) is 7.17. The Labute approximate surface area is 174 Å². The third kappa shape index (κ3) is 4.33. The Morgan fingerprint density at radius 3 is 2.80 bits per heavy atom. The Bertz CT molecular complexity index is 1150. The number of amides is 1. The Hall–Kier alpha value is -3.67. The van der Waals surface area contributed by atoms with Crippen molar-refractivity contribution in [3.63, 3.8) is 0 Å². The maximum Gasteiger partial charge on any atom is 0.273 e. The minimum atomic E-state index is -0.270. The summed E-state index contributed by atoms with van der Waals surface area (Å²) >= 11 is 0. The van der Waals surface area contributed by atoms with E-state index in [0.29, 0.717) is 5.76 Å². The SMILES string of the molecule is CC[C@@H](NC(=O)c1cc(COc2cccc3cnccc23)on1)c1ccc(C)cc1. The molecular weight excluding hydrogens is 378 g/mol. The van der Waals surface area contributed by atoms with Gasteiger partial charge in [-0.3, -0.25) is 9.78 Å². The van der Waals surface area contributed by atoms with Crippen LogP contribution in [0, 0.1) is 6.92 Å². The van der Waals surface area contributed by atoms with Crippen molar-refractivity contribution in [2.45, 2.75) is 32.9 Å². The largest absolute Gasteiger partial charge is 0.485 e. The van der Waals surface area contributed by atoms with Gasteiger partial charge >= 0.3 is 0 Å². The molecule has 2 aromatic carbocycles. The van der Waals surface area contributed by atoms with Crippen LogP contribution in [0.15, 0.2) is 71.5 Å². The summed E-state index contributed by atoms with van der Waals surface area (Å²) in [5.41, 5.74) is 2.48. The van der Waals surface area contributed by atoms with Crippen molar-refractivity contribution in [3.05, 3.63) is 89.6 Å². The van der Waals surface area contributed by atoms with Gasteiger partial charge in [0, 0.05) is 29.2 Å². The summed E-state index contributed by atoms with van der Waals surface area (Å²) in [5.74, 6) is 0.936. The van der Waals surface area contributed by atoms with E-state index < -0.39 is 0 Å². The minimum absolute atomic E-state index is 0.0845. The van der Waals surface area contributed by atoms with Gasteiger partial charge in [-0.1, -0.05) is 54.0 Å². The van der Waals surface area contributed by atoms with Gasteiger partial charge in [0.15, 0.2) is 11.5 Å². The third-order valence-corrected chi connectivity index (χ3v) is 5.00. The molecular formula is C24H23N3O3. The van der Waals surface area contributed by atoms with E-state index in [0.717, 1.165) is 28.5 Å². The van der Waals surface area contributed by atoms with Gasteiger partial charge in [0.2, 0.25) is 0 Å². The fourth-order valence-corrected chi connectivity index (χ4v) is 3.31. The summed E-state index contributed by atoms with van der Waals surface area (Å²) in [6.07, 6.45) is 4.29. The zero-order chi connectivity index (χ0) is 20.9. The normalized spacial score (nSPS) is 11.9. The molecule has 0 saturated carbocycles. The maximum absolute atomic E-state index is 12.6. The highest BCUT2D eigenvalue weighted by Crippen LogP contribution is 2.25. The molecule has 30 heavy (non-hydrogen) atoms. The summed E-state index contributed by atoms with van der Waals surface area (Å²) in [7, 11) is 0. The van der Waals surface area contributed by atoms with Gasteiger partial charge in [0.1, 0.15) is 12.4 Å². The zero-order valence-corrected chi connectivity index (χ0v) is 17.0. The molecule has 0 aliphatic carbocycles. The molecule has 0 aliphatic heterocycles. The van der Waals surface area contributed by atoms with E-state index in [2.05, 4.69) is 15.5 Å². The lowest BCUT2D eigenvalue weighted by Crippen LogP contribution is -2.28. The number of aryl methyl sites for hydroxylation is 1. The summed E-state index contributed by atoms with van der Waals surface area (Å²) in [6, 6.07) is 17.4. The molecule has 0 saturated heterocycles. The van der Waals surface area contributed by atoms with Crippen LogP contribution in [0.5, 0.6) is 5.75 Å². The molecule has 6 heteroatoms. The molecule has 4 aromatic rings. The van der Waals surface area contributed by atoms with E-state index in [1.54, 1.807) is 18.5 Å². The minimum Gasteiger partial charge on any atom is -0.485 e. The van der Waals surface area contributed by atoms with Crippen LogP contribution < -0.4 is 10.1 Å². The number of carbonyl (C=O) groups excluding carboxylic acids is 1. The second kappa shape index (κ2) is 8.78. The van der Waals surface area contributed by atoms with Gasteiger partial charge in [0.25, 0.3) is 5.91 Å². The average molecular weight is 401 g/mol. The van der Waals surface area contributed by atoms with Crippen LogP contribution in [-0.2, 0) is 6.61 Å². The molecule has 1 N–H and O–H groups in total. The first-order valence-corrected chi connectivity index (χ1v) is 9.92. The van der Waals surface area contributed by atoms with E-state index >= 15 is 0 Å². The van der Waals surface area contributed by atoms with Gasteiger partial charge in [0.05, 0.1) is 6.04 Å². The number of fused-ring (bicyclic) bond motifs is 1. The molecule has 152 valence electrons. The highest BCUT2D eigenvalue weighted by Gasteiger charge is 2.18. The average Bonchev–Trinajstić information content (AvgIpc) is 3.26. The van der Waals surface area contributed by atoms with E-state index in [9.17, 15) is 4.79 Å². The monoisotopic (exact) mass is 401 g/mol. The zero-order valence-electron chi connectivity index (χ0n) is 17.0. The van der Waals surface area contributed by atoms with Gasteiger partial charge in [-0.2, -0.15) is 0 Å². The predicted octanol–water partition coefficient (Wildman–Crippen LogP) is 4.99. The molecule has 0 spiro atoms. The summed E-state index contributed by atoms with van der Waals surface area (Å²) in [5, 5.41) is 8.89. The molecule has 1 amide bonds. The van der Waals surface area contributed by atoms with Crippen molar-refractivity contribution in [2.75, 3.05) is 0 Å². The highest BCUT2D eigenvalue weighted by molar-refractivity contribution is 5.92. The molecule has 2 heterocycles. The van der Waals surface area contributed by atoms with Crippen molar-refractivity contribution < 1.29 is 14.1 Å².